The van der Waals surface area contributed by atoms with Gasteiger partial charge in [0.2, 0.25) is 6.39 Å². The zero-order chi connectivity index (χ0) is 8.93. The third-order valence-electron chi connectivity index (χ3n) is 2.41. The highest BCUT2D eigenvalue weighted by Crippen LogP contribution is 2.29. The van der Waals surface area contributed by atoms with Gasteiger partial charge in [-0.3, -0.25) is 0 Å². The normalized spacial score (nSPS) is 19.1. The second kappa shape index (κ2) is 4.65. The van der Waals surface area contributed by atoms with Crippen LogP contribution in [0.25, 0.3) is 0 Å². The van der Waals surface area contributed by atoms with Crippen molar-refractivity contribution in [1.82, 2.24) is 10.1 Å². The summed E-state index contributed by atoms with van der Waals surface area (Å²) in [6, 6.07) is 0. The first-order valence-corrected chi connectivity index (χ1v) is 5.87. The maximum absolute atomic E-state index is 4.68. The molecular weight excluding hydrogens is 184 g/mol. The molecule has 1 aromatic rings. The van der Waals surface area contributed by atoms with Crippen LogP contribution in [-0.4, -0.2) is 15.4 Å². The quantitative estimate of drug-likeness (QED) is 0.748. The van der Waals surface area contributed by atoms with E-state index in [4.69, 9.17) is 0 Å². The lowest BCUT2D eigenvalue weighted by Gasteiger charge is -2.19. The lowest BCUT2D eigenvalue weighted by molar-refractivity contribution is 0.412. The number of thioether (sulfide) groups is 1. The van der Waals surface area contributed by atoms with Crippen LogP contribution in [0.5, 0.6) is 0 Å². The molecule has 1 saturated carbocycles. The van der Waals surface area contributed by atoms with E-state index in [1.807, 2.05) is 11.8 Å². The Bertz CT molecular complexity index is 232. The highest BCUT2D eigenvalue weighted by atomic mass is 32.2. The number of nitrogens with zero attached hydrogens (tertiary/aromatic N) is 2. The Balaban J connectivity index is 1.72. The van der Waals surface area contributed by atoms with E-state index in [0.29, 0.717) is 0 Å². The molecular formula is C9H14N2OS. The Labute approximate surface area is 82.3 Å². The number of hydrogen-bond donors (Lipinski definition) is 0. The van der Waals surface area contributed by atoms with Crippen molar-refractivity contribution < 1.29 is 4.52 Å². The van der Waals surface area contributed by atoms with Gasteiger partial charge in [0.05, 0.1) is 5.75 Å². The molecule has 0 saturated heterocycles. The van der Waals surface area contributed by atoms with E-state index in [1.165, 1.54) is 38.5 Å². The SMILES string of the molecule is c1nc(CSC2CCCCC2)no1. The second-order valence-electron chi connectivity index (χ2n) is 3.42. The number of aromatic nitrogens is 2. The fraction of sp³-hybridized carbons (Fsp3) is 0.778. The molecule has 13 heavy (non-hydrogen) atoms. The monoisotopic (exact) mass is 198 g/mol. The minimum absolute atomic E-state index is 0.826. The summed E-state index contributed by atoms with van der Waals surface area (Å²) in [6.45, 7) is 0. The van der Waals surface area contributed by atoms with Crippen LogP contribution in [0.3, 0.4) is 0 Å². The van der Waals surface area contributed by atoms with Crippen molar-refractivity contribution in [3.8, 4) is 0 Å². The topological polar surface area (TPSA) is 38.9 Å². The van der Waals surface area contributed by atoms with Gasteiger partial charge in [-0.25, -0.2) is 0 Å². The van der Waals surface area contributed by atoms with Crippen LogP contribution in [0.1, 0.15) is 37.9 Å². The first-order valence-electron chi connectivity index (χ1n) is 4.82. The summed E-state index contributed by atoms with van der Waals surface area (Å²) in [5.41, 5.74) is 0. The van der Waals surface area contributed by atoms with Crippen LogP contribution < -0.4 is 0 Å². The standard InChI is InChI=1S/C9H14N2OS/c1-2-4-8(5-3-1)13-6-9-10-7-12-11-9/h7-8H,1-6H2. The Kier molecular flexibility index (Phi) is 3.24. The summed E-state index contributed by atoms with van der Waals surface area (Å²) in [5.74, 6) is 1.73. The maximum atomic E-state index is 4.68. The van der Waals surface area contributed by atoms with Crippen molar-refractivity contribution in [3.05, 3.63) is 12.2 Å². The molecule has 0 aliphatic heterocycles. The summed E-state index contributed by atoms with van der Waals surface area (Å²) in [6.07, 6.45) is 8.33. The van der Waals surface area contributed by atoms with Crippen molar-refractivity contribution in [2.24, 2.45) is 0 Å². The van der Waals surface area contributed by atoms with Gasteiger partial charge in [-0.05, 0) is 12.8 Å². The molecule has 3 nitrogen and oxygen atoms in total. The molecule has 1 fully saturated rings. The maximum Gasteiger partial charge on any atom is 0.213 e. The van der Waals surface area contributed by atoms with Gasteiger partial charge in [0.1, 0.15) is 0 Å². The van der Waals surface area contributed by atoms with Gasteiger partial charge in [-0.2, -0.15) is 16.7 Å². The van der Waals surface area contributed by atoms with E-state index in [9.17, 15) is 0 Å². The van der Waals surface area contributed by atoms with Gasteiger partial charge in [-0.15, -0.1) is 0 Å². The van der Waals surface area contributed by atoms with Gasteiger partial charge in [0.25, 0.3) is 0 Å². The van der Waals surface area contributed by atoms with Gasteiger partial charge >= 0.3 is 0 Å². The molecule has 0 atom stereocenters. The van der Waals surface area contributed by atoms with E-state index < -0.39 is 0 Å². The molecule has 0 bridgehead atoms. The fourth-order valence-corrected chi connectivity index (χ4v) is 2.86. The van der Waals surface area contributed by atoms with Crippen molar-refractivity contribution in [2.45, 2.75) is 43.1 Å². The minimum atomic E-state index is 0.826. The molecule has 0 unspecified atom stereocenters. The zero-order valence-electron chi connectivity index (χ0n) is 7.61. The number of hydrogen-bond acceptors (Lipinski definition) is 4. The first-order chi connectivity index (χ1) is 6.45. The predicted molar refractivity (Wildman–Crippen MR) is 52.5 cm³/mol. The van der Waals surface area contributed by atoms with E-state index in [2.05, 4.69) is 14.7 Å². The van der Waals surface area contributed by atoms with Gasteiger partial charge < -0.3 is 4.52 Å². The molecule has 72 valence electrons. The third-order valence-corrected chi connectivity index (χ3v) is 3.77. The Morgan fingerprint density at radius 3 is 2.92 bits per heavy atom. The lowest BCUT2D eigenvalue weighted by atomic mass is 10.0. The summed E-state index contributed by atoms with van der Waals surface area (Å²) in [5, 5.41) is 4.62. The van der Waals surface area contributed by atoms with Crippen molar-refractivity contribution in [2.75, 3.05) is 0 Å². The zero-order valence-corrected chi connectivity index (χ0v) is 8.42. The summed E-state index contributed by atoms with van der Waals surface area (Å²) >= 11 is 1.97. The highest BCUT2D eigenvalue weighted by molar-refractivity contribution is 7.99. The fourth-order valence-electron chi connectivity index (χ4n) is 1.68. The van der Waals surface area contributed by atoms with Crippen molar-refractivity contribution in [3.63, 3.8) is 0 Å². The third kappa shape index (κ3) is 2.72. The number of rotatable bonds is 3. The van der Waals surface area contributed by atoms with E-state index in [-0.39, 0.29) is 0 Å². The molecule has 4 heteroatoms. The largest absolute Gasteiger partial charge is 0.343 e. The van der Waals surface area contributed by atoms with Crippen molar-refractivity contribution in [1.29, 1.82) is 0 Å². The van der Waals surface area contributed by atoms with Crippen LogP contribution in [0.2, 0.25) is 0 Å². The molecule has 0 radical (unpaired) electrons. The van der Waals surface area contributed by atoms with Crippen LogP contribution in [-0.2, 0) is 5.75 Å². The minimum Gasteiger partial charge on any atom is -0.343 e. The summed E-state index contributed by atoms with van der Waals surface area (Å²) < 4.78 is 4.68. The van der Waals surface area contributed by atoms with Gasteiger partial charge in [0, 0.05) is 5.25 Å². The van der Waals surface area contributed by atoms with Crippen LogP contribution in [0, 0.1) is 0 Å². The molecule has 1 aliphatic rings. The van der Waals surface area contributed by atoms with Gasteiger partial charge in [0.15, 0.2) is 5.82 Å². The average molecular weight is 198 g/mol. The van der Waals surface area contributed by atoms with E-state index in [1.54, 1.807) is 0 Å². The van der Waals surface area contributed by atoms with Crippen LogP contribution in [0.4, 0.5) is 0 Å². The average Bonchev–Trinajstić information content (AvgIpc) is 2.69. The Hall–Kier alpha value is -0.510. The summed E-state index contributed by atoms with van der Waals surface area (Å²) in [7, 11) is 0. The summed E-state index contributed by atoms with van der Waals surface area (Å²) in [4.78, 5) is 4.00. The molecule has 0 N–H and O–H groups in total. The van der Waals surface area contributed by atoms with Crippen LogP contribution >= 0.6 is 11.8 Å². The second-order valence-corrected chi connectivity index (χ2v) is 4.71. The molecule has 0 spiro atoms. The Morgan fingerprint density at radius 2 is 2.23 bits per heavy atom. The smallest absolute Gasteiger partial charge is 0.213 e. The first kappa shape index (κ1) is 9.06. The van der Waals surface area contributed by atoms with E-state index in [0.717, 1.165) is 16.8 Å². The van der Waals surface area contributed by atoms with Crippen LogP contribution in [0.15, 0.2) is 10.9 Å². The van der Waals surface area contributed by atoms with Crippen molar-refractivity contribution >= 4 is 11.8 Å². The Morgan fingerprint density at radius 1 is 1.38 bits per heavy atom. The molecule has 0 amide bonds. The molecule has 1 heterocycles. The van der Waals surface area contributed by atoms with Gasteiger partial charge in [-0.1, -0.05) is 24.4 Å². The predicted octanol–water partition coefficient (Wildman–Crippen LogP) is 2.64. The molecule has 1 aliphatic carbocycles. The molecule has 0 aromatic carbocycles. The highest BCUT2D eigenvalue weighted by Gasteiger charge is 2.14. The molecule has 2 rings (SSSR count). The lowest BCUT2D eigenvalue weighted by Crippen LogP contribution is -2.08. The van der Waals surface area contributed by atoms with E-state index >= 15 is 0 Å². The molecule has 1 aromatic heterocycles.